The van der Waals surface area contributed by atoms with Crippen LogP contribution in [0.15, 0.2) is 12.1 Å². The van der Waals surface area contributed by atoms with Gasteiger partial charge < -0.3 is 5.32 Å². The van der Waals surface area contributed by atoms with E-state index >= 15 is 0 Å². The summed E-state index contributed by atoms with van der Waals surface area (Å²) in [6, 6.07) is 2.95. The molecular weight excluding hydrogens is 236 g/mol. The third kappa shape index (κ3) is 2.44. The summed E-state index contributed by atoms with van der Waals surface area (Å²) in [6.45, 7) is 1.94. The summed E-state index contributed by atoms with van der Waals surface area (Å²) in [5.74, 6) is -0.0986. The number of rotatable bonds is 1. The van der Waals surface area contributed by atoms with Crippen LogP contribution in [-0.4, -0.2) is 13.1 Å². The molecule has 1 aliphatic rings. The number of hydrogen-bond donors (Lipinski definition) is 1. The van der Waals surface area contributed by atoms with Crippen LogP contribution in [0.4, 0.5) is 4.39 Å². The zero-order valence-electron chi connectivity index (χ0n) is 8.19. The van der Waals surface area contributed by atoms with Gasteiger partial charge in [0, 0.05) is 11.6 Å². The van der Waals surface area contributed by atoms with Crippen molar-refractivity contribution in [2.75, 3.05) is 13.1 Å². The molecule has 4 heteroatoms. The predicted molar refractivity (Wildman–Crippen MR) is 61.3 cm³/mol. The van der Waals surface area contributed by atoms with Crippen LogP contribution in [0.2, 0.25) is 10.0 Å². The fourth-order valence-electron chi connectivity index (χ4n) is 1.97. The highest BCUT2D eigenvalue weighted by Gasteiger charge is 2.19. The smallest absolute Gasteiger partial charge is 0.143 e. The van der Waals surface area contributed by atoms with Crippen molar-refractivity contribution in [2.24, 2.45) is 0 Å². The highest BCUT2D eigenvalue weighted by atomic mass is 35.5. The average Bonchev–Trinajstić information content (AvgIpc) is 2.25. The van der Waals surface area contributed by atoms with Crippen molar-refractivity contribution in [1.82, 2.24) is 5.32 Å². The molecule has 0 aliphatic carbocycles. The van der Waals surface area contributed by atoms with Gasteiger partial charge in [0.25, 0.3) is 0 Å². The maximum absolute atomic E-state index is 13.1. The van der Waals surface area contributed by atoms with Crippen LogP contribution in [0.3, 0.4) is 0 Å². The van der Waals surface area contributed by atoms with E-state index in [1.165, 1.54) is 6.07 Å². The Bertz CT molecular complexity index is 362. The van der Waals surface area contributed by atoms with Crippen LogP contribution in [0, 0.1) is 5.82 Å². The molecule has 1 saturated heterocycles. The van der Waals surface area contributed by atoms with Crippen LogP contribution >= 0.6 is 23.2 Å². The molecule has 1 atom stereocenters. The van der Waals surface area contributed by atoms with Gasteiger partial charge in [0.15, 0.2) is 0 Å². The molecule has 1 aromatic rings. The van der Waals surface area contributed by atoms with Gasteiger partial charge in [-0.15, -0.1) is 0 Å². The van der Waals surface area contributed by atoms with Crippen molar-refractivity contribution in [1.29, 1.82) is 0 Å². The zero-order valence-corrected chi connectivity index (χ0v) is 9.71. The maximum Gasteiger partial charge on any atom is 0.143 e. The summed E-state index contributed by atoms with van der Waals surface area (Å²) in [5, 5.41) is 3.93. The average molecular weight is 248 g/mol. The summed E-state index contributed by atoms with van der Waals surface area (Å²) < 4.78 is 13.1. The van der Waals surface area contributed by atoms with Crippen LogP contribution in [0.25, 0.3) is 0 Å². The van der Waals surface area contributed by atoms with Gasteiger partial charge in [-0.25, -0.2) is 4.39 Å². The molecule has 1 heterocycles. The molecule has 1 aromatic carbocycles. The quantitative estimate of drug-likeness (QED) is 0.749. The molecule has 0 spiro atoms. The number of hydrogen-bond acceptors (Lipinski definition) is 1. The van der Waals surface area contributed by atoms with E-state index in [0.717, 1.165) is 31.5 Å². The van der Waals surface area contributed by atoms with Crippen LogP contribution in [0.5, 0.6) is 0 Å². The fraction of sp³-hybridized carbons (Fsp3) is 0.455. The van der Waals surface area contributed by atoms with E-state index in [4.69, 9.17) is 23.2 Å². The minimum Gasteiger partial charge on any atom is -0.316 e. The van der Waals surface area contributed by atoms with E-state index in [0.29, 0.717) is 10.9 Å². The Kier molecular flexibility index (Phi) is 3.49. The molecule has 82 valence electrons. The lowest BCUT2D eigenvalue weighted by Gasteiger charge is -2.24. The summed E-state index contributed by atoms with van der Waals surface area (Å²) >= 11 is 11.8. The standard InChI is InChI=1S/C11H12Cl2FN/c12-9-5-11(14)10(13)4-8(9)7-2-1-3-15-6-7/h4-5,7,15H,1-3,6H2. The first kappa shape index (κ1) is 11.2. The van der Waals surface area contributed by atoms with Gasteiger partial charge in [-0.1, -0.05) is 23.2 Å². The number of piperidine rings is 1. The van der Waals surface area contributed by atoms with E-state index in [1.54, 1.807) is 6.07 Å². The molecule has 1 N–H and O–H groups in total. The van der Waals surface area contributed by atoms with Crippen molar-refractivity contribution in [3.05, 3.63) is 33.6 Å². The monoisotopic (exact) mass is 247 g/mol. The summed E-state index contributed by atoms with van der Waals surface area (Å²) in [6.07, 6.45) is 2.20. The molecule has 1 fully saturated rings. The Morgan fingerprint density at radius 2 is 2.07 bits per heavy atom. The Morgan fingerprint density at radius 3 is 2.73 bits per heavy atom. The van der Waals surface area contributed by atoms with E-state index in [1.807, 2.05) is 0 Å². The van der Waals surface area contributed by atoms with Crippen molar-refractivity contribution in [2.45, 2.75) is 18.8 Å². The first-order chi connectivity index (χ1) is 7.18. The van der Waals surface area contributed by atoms with Gasteiger partial charge in [-0.2, -0.15) is 0 Å². The normalized spacial score (nSPS) is 21.7. The highest BCUT2D eigenvalue weighted by molar-refractivity contribution is 6.33. The molecule has 1 unspecified atom stereocenters. The largest absolute Gasteiger partial charge is 0.316 e. The van der Waals surface area contributed by atoms with Crippen molar-refractivity contribution in [3.63, 3.8) is 0 Å². The Balaban J connectivity index is 2.30. The van der Waals surface area contributed by atoms with Gasteiger partial charge in [-0.3, -0.25) is 0 Å². The molecule has 1 aliphatic heterocycles. The molecular formula is C11H12Cl2FN. The molecule has 0 aromatic heterocycles. The minimum atomic E-state index is -0.450. The second-order valence-corrected chi connectivity index (χ2v) is 4.65. The molecule has 1 nitrogen and oxygen atoms in total. The van der Waals surface area contributed by atoms with Gasteiger partial charge in [-0.05, 0) is 43.0 Å². The SMILES string of the molecule is Fc1cc(Cl)c(C2CCCNC2)cc1Cl. The lowest BCUT2D eigenvalue weighted by Crippen LogP contribution is -2.28. The van der Waals surface area contributed by atoms with Crippen LogP contribution in [-0.2, 0) is 0 Å². The third-order valence-corrected chi connectivity index (χ3v) is 3.39. The summed E-state index contributed by atoms with van der Waals surface area (Å²) in [5.41, 5.74) is 0.954. The van der Waals surface area contributed by atoms with Crippen molar-refractivity contribution < 1.29 is 4.39 Å². The van der Waals surface area contributed by atoms with Crippen molar-refractivity contribution in [3.8, 4) is 0 Å². The summed E-state index contributed by atoms with van der Waals surface area (Å²) in [7, 11) is 0. The van der Waals surface area contributed by atoms with E-state index in [-0.39, 0.29) is 5.02 Å². The number of benzene rings is 1. The lowest BCUT2D eigenvalue weighted by molar-refractivity contribution is 0.461. The first-order valence-electron chi connectivity index (χ1n) is 5.03. The van der Waals surface area contributed by atoms with Crippen LogP contribution < -0.4 is 5.32 Å². The van der Waals surface area contributed by atoms with Crippen molar-refractivity contribution >= 4 is 23.2 Å². The molecule has 0 amide bonds. The second kappa shape index (κ2) is 4.69. The lowest BCUT2D eigenvalue weighted by atomic mass is 9.91. The van der Waals surface area contributed by atoms with Gasteiger partial charge >= 0.3 is 0 Å². The number of halogens is 3. The highest BCUT2D eigenvalue weighted by Crippen LogP contribution is 2.32. The molecule has 0 saturated carbocycles. The topological polar surface area (TPSA) is 12.0 Å². The Hall–Kier alpha value is -0.310. The van der Waals surface area contributed by atoms with E-state index < -0.39 is 5.82 Å². The maximum atomic E-state index is 13.1. The van der Waals surface area contributed by atoms with E-state index in [9.17, 15) is 4.39 Å². The van der Waals surface area contributed by atoms with Crippen LogP contribution in [0.1, 0.15) is 24.3 Å². The Morgan fingerprint density at radius 1 is 1.27 bits per heavy atom. The first-order valence-corrected chi connectivity index (χ1v) is 5.79. The second-order valence-electron chi connectivity index (χ2n) is 3.83. The third-order valence-electron chi connectivity index (χ3n) is 2.78. The predicted octanol–water partition coefficient (Wildman–Crippen LogP) is 3.60. The van der Waals surface area contributed by atoms with E-state index in [2.05, 4.69) is 5.32 Å². The molecule has 0 radical (unpaired) electrons. The fourth-order valence-corrected chi connectivity index (χ4v) is 2.44. The Labute approximate surface area is 98.6 Å². The summed E-state index contributed by atoms with van der Waals surface area (Å²) in [4.78, 5) is 0. The zero-order chi connectivity index (χ0) is 10.8. The van der Waals surface area contributed by atoms with Gasteiger partial charge in [0.1, 0.15) is 5.82 Å². The molecule has 15 heavy (non-hydrogen) atoms. The van der Waals surface area contributed by atoms with Gasteiger partial charge in [0.05, 0.1) is 5.02 Å². The molecule has 2 rings (SSSR count). The molecule has 0 bridgehead atoms. The van der Waals surface area contributed by atoms with Gasteiger partial charge in [0.2, 0.25) is 0 Å². The number of nitrogens with one attached hydrogen (secondary N) is 1. The minimum absolute atomic E-state index is 0.153.